The summed E-state index contributed by atoms with van der Waals surface area (Å²) in [7, 11) is 0. The Hall–Kier alpha value is -1.73. The zero-order chi connectivity index (χ0) is 12.3. The van der Waals surface area contributed by atoms with E-state index in [4.69, 9.17) is 5.73 Å². The largest absolute Gasteiger partial charge is 0.391 e. The molecule has 0 amide bonds. The number of anilines is 2. The number of halogens is 3. The maximum Gasteiger partial charge on any atom is 0.391 e. The lowest BCUT2D eigenvalue weighted by Gasteiger charge is -2.16. The van der Waals surface area contributed by atoms with E-state index >= 15 is 0 Å². The second kappa shape index (κ2) is 4.42. The van der Waals surface area contributed by atoms with Gasteiger partial charge in [-0.3, -0.25) is 4.79 Å². The van der Waals surface area contributed by atoms with E-state index in [1.165, 1.54) is 6.92 Å². The number of aromatic amines is 1. The molecule has 1 heterocycles. The quantitative estimate of drug-likeness (QED) is 0.733. The molecule has 1 atom stereocenters. The summed E-state index contributed by atoms with van der Waals surface area (Å²) in [5, 5.41) is 2.43. The first-order valence-corrected chi connectivity index (χ1v) is 4.46. The minimum atomic E-state index is -4.28. The van der Waals surface area contributed by atoms with Gasteiger partial charge in [-0.1, -0.05) is 0 Å². The molecule has 0 aliphatic rings. The summed E-state index contributed by atoms with van der Waals surface area (Å²) < 4.78 is 36.1. The Kier molecular flexibility index (Phi) is 3.41. The van der Waals surface area contributed by atoms with Gasteiger partial charge in [-0.15, -0.1) is 0 Å². The second-order valence-corrected chi connectivity index (χ2v) is 3.36. The fourth-order valence-corrected chi connectivity index (χ4v) is 1.16. The van der Waals surface area contributed by atoms with Crippen LogP contribution in [-0.4, -0.2) is 22.2 Å². The van der Waals surface area contributed by atoms with E-state index in [1.54, 1.807) is 0 Å². The van der Waals surface area contributed by atoms with E-state index in [1.807, 2.05) is 0 Å². The molecular weight excluding hydrogens is 225 g/mol. The van der Waals surface area contributed by atoms with E-state index in [2.05, 4.69) is 15.3 Å². The number of nitrogens with one attached hydrogen (secondary N) is 2. The highest BCUT2D eigenvalue weighted by Crippen LogP contribution is 2.23. The van der Waals surface area contributed by atoms with Crippen molar-refractivity contribution in [2.75, 3.05) is 11.1 Å². The van der Waals surface area contributed by atoms with Gasteiger partial charge in [0.05, 0.1) is 12.7 Å². The molecule has 0 aliphatic heterocycles. The van der Waals surface area contributed by atoms with Crippen LogP contribution in [0.3, 0.4) is 0 Å². The van der Waals surface area contributed by atoms with Gasteiger partial charge in [-0.25, -0.2) is 4.98 Å². The molecule has 0 saturated carbocycles. The Balaban J connectivity index is 2.74. The minimum absolute atomic E-state index is 0.0412. The molecular formula is C8H11F3N4O. The first-order valence-electron chi connectivity index (χ1n) is 4.46. The molecule has 0 aromatic carbocycles. The van der Waals surface area contributed by atoms with Crippen molar-refractivity contribution in [3.8, 4) is 0 Å². The van der Waals surface area contributed by atoms with Crippen molar-refractivity contribution in [2.24, 2.45) is 0 Å². The molecule has 0 spiro atoms. The number of aromatic nitrogens is 2. The fraction of sp³-hybridized carbons (Fsp3) is 0.500. The van der Waals surface area contributed by atoms with Crippen molar-refractivity contribution in [3.05, 3.63) is 16.7 Å². The van der Waals surface area contributed by atoms with Gasteiger partial charge in [-0.2, -0.15) is 13.2 Å². The highest BCUT2D eigenvalue weighted by molar-refractivity contribution is 5.59. The maximum absolute atomic E-state index is 12.0. The Bertz CT molecular complexity index is 414. The van der Waals surface area contributed by atoms with Crippen LogP contribution in [0.25, 0.3) is 0 Å². The van der Waals surface area contributed by atoms with Gasteiger partial charge in [0.2, 0.25) is 0 Å². The second-order valence-electron chi connectivity index (χ2n) is 3.36. The molecule has 0 radical (unpaired) electrons. The molecule has 16 heavy (non-hydrogen) atoms. The standard InChI is InChI=1S/C8H11F3N4O/c1-4(2-8(9,10)11)15-6-5(12)7(16)14-3-13-6/h3-4H,2,12H2,1H3,(H2,13,14,15,16). The van der Waals surface area contributed by atoms with Gasteiger partial charge in [0.25, 0.3) is 5.56 Å². The number of nitrogens with two attached hydrogens (primary N) is 1. The third kappa shape index (κ3) is 3.44. The summed E-state index contributed by atoms with van der Waals surface area (Å²) in [5.74, 6) is -0.0412. The molecule has 0 aliphatic carbocycles. The summed E-state index contributed by atoms with van der Waals surface area (Å²) in [6.45, 7) is 1.33. The number of nitrogen functional groups attached to an aromatic ring is 1. The van der Waals surface area contributed by atoms with Crippen molar-refractivity contribution >= 4 is 11.5 Å². The average Bonchev–Trinajstić information content (AvgIpc) is 2.09. The normalized spacial score (nSPS) is 13.5. The van der Waals surface area contributed by atoms with Crippen LogP contribution in [0.4, 0.5) is 24.7 Å². The summed E-state index contributed by atoms with van der Waals surface area (Å²) in [6.07, 6.45) is -4.23. The van der Waals surface area contributed by atoms with E-state index < -0.39 is 24.2 Å². The molecule has 1 rings (SSSR count). The smallest absolute Gasteiger partial charge is 0.391 e. The van der Waals surface area contributed by atoms with Crippen LogP contribution in [0.2, 0.25) is 0 Å². The molecule has 0 fully saturated rings. The summed E-state index contributed by atoms with van der Waals surface area (Å²) >= 11 is 0. The molecule has 8 heteroatoms. The van der Waals surface area contributed by atoms with Crippen LogP contribution < -0.4 is 16.6 Å². The maximum atomic E-state index is 12.0. The van der Waals surface area contributed by atoms with Crippen LogP contribution in [0, 0.1) is 0 Å². The van der Waals surface area contributed by atoms with Crippen LogP contribution in [-0.2, 0) is 0 Å². The minimum Gasteiger partial charge on any atom is -0.391 e. The van der Waals surface area contributed by atoms with E-state index in [0.29, 0.717) is 0 Å². The van der Waals surface area contributed by atoms with Gasteiger partial charge in [0.15, 0.2) is 5.82 Å². The summed E-state index contributed by atoms with van der Waals surface area (Å²) in [4.78, 5) is 16.9. The number of hydrogen-bond donors (Lipinski definition) is 3. The SMILES string of the molecule is CC(CC(F)(F)F)Nc1nc[nH]c(=O)c1N. The van der Waals surface area contributed by atoms with Gasteiger partial charge in [0, 0.05) is 6.04 Å². The van der Waals surface area contributed by atoms with Gasteiger partial charge in [-0.05, 0) is 6.92 Å². The van der Waals surface area contributed by atoms with Gasteiger partial charge >= 0.3 is 6.18 Å². The Labute approximate surface area is 88.9 Å². The fourth-order valence-electron chi connectivity index (χ4n) is 1.16. The highest BCUT2D eigenvalue weighted by atomic mass is 19.4. The number of alkyl halides is 3. The predicted molar refractivity (Wildman–Crippen MR) is 53.0 cm³/mol. The third-order valence-corrected chi connectivity index (χ3v) is 1.81. The first kappa shape index (κ1) is 12.3. The average molecular weight is 236 g/mol. The molecule has 90 valence electrons. The molecule has 4 N–H and O–H groups in total. The van der Waals surface area contributed by atoms with Crippen LogP contribution in [0.5, 0.6) is 0 Å². The highest BCUT2D eigenvalue weighted by Gasteiger charge is 2.30. The monoisotopic (exact) mass is 236 g/mol. The van der Waals surface area contributed by atoms with Crippen LogP contribution in [0.15, 0.2) is 11.1 Å². The van der Waals surface area contributed by atoms with Crippen molar-refractivity contribution in [3.63, 3.8) is 0 Å². The zero-order valence-corrected chi connectivity index (χ0v) is 8.43. The van der Waals surface area contributed by atoms with Crippen molar-refractivity contribution in [1.82, 2.24) is 9.97 Å². The van der Waals surface area contributed by atoms with Crippen molar-refractivity contribution < 1.29 is 13.2 Å². The molecule has 1 aromatic heterocycles. The summed E-state index contributed by atoms with van der Waals surface area (Å²) in [5.41, 5.74) is 4.53. The lowest BCUT2D eigenvalue weighted by atomic mass is 10.2. The zero-order valence-electron chi connectivity index (χ0n) is 8.43. The topological polar surface area (TPSA) is 83.8 Å². The Morgan fingerprint density at radius 3 is 2.81 bits per heavy atom. The number of rotatable bonds is 3. The van der Waals surface area contributed by atoms with E-state index in [9.17, 15) is 18.0 Å². The molecule has 1 aromatic rings. The molecule has 5 nitrogen and oxygen atoms in total. The lowest BCUT2D eigenvalue weighted by Crippen LogP contribution is -2.26. The Morgan fingerprint density at radius 1 is 1.62 bits per heavy atom. The van der Waals surface area contributed by atoms with Gasteiger partial charge < -0.3 is 16.0 Å². The number of hydrogen-bond acceptors (Lipinski definition) is 4. The van der Waals surface area contributed by atoms with E-state index in [0.717, 1.165) is 6.33 Å². The molecule has 0 saturated heterocycles. The number of H-pyrrole nitrogens is 1. The number of nitrogens with zero attached hydrogens (tertiary/aromatic N) is 1. The molecule has 0 bridgehead atoms. The van der Waals surface area contributed by atoms with Crippen LogP contribution >= 0.6 is 0 Å². The predicted octanol–water partition coefficient (Wildman–Crippen LogP) is 1.10. The van der Waals surface area contributed by atoms with Crippen molar-refractivity contribution in [1.29, 1.82) is 0 Å². The summed E-state index contributed by atoms with van der Waals surface area (Å²) in [6, 6.07) is -0.906. The first-order chi connectivity index (χ1) is 7.29. The lowest BCUT2D eigenvalue weighted by molar-refractivity contribution is -0.136. The Morgan fingerprint density at radius 2 is 2.25 bits per heavy atom. The van der Waals surface area contributed by atoms with Crippen molar-refractivity contribution in [2.45, 2.75) is 25.6 Å². The van der Waals surface area contributed by atoms with E-state index in [-0.39, 0.29) is 11.5 Å². The molecule has 1 unspecified atom stereocenters. The van der Waals surface area contributed by atoms with Crippen LogP contribution in [0.1, 0.15) is 13.3 Å². The van der Waals surface area contributed by atoms with Gasteiger partial charge in [0.1, 0.15) is 5.69 Å². The third-order valence-electron chi connectivity index (χ3n) is 1.81.